The van der Waals surface area contributed by atoms with Gasteiger partial charge in [-0.05, 0) is 46.7 Å². The molecular formula is C13H14BrNO4. The fourth-order valence-corrected chi connectivity index (χ4v) is 3.22. The van der Waals surface area contributed by atoms with E-state index in [0.717, 1.165) is 12.8 Å². The first-order valence-electron chi connectivity index (χ1n) is 6.33. The molecule has 1 saturated carbocycles. The van der Waals surface area contributed by atoms with Crippen molar-refractivity contribution in [3.8, 4) is 0 Å². The van der Waals surface area contributed by atoms with Crippen LogP contribution in [0.3, 0.4) is 0 Å². The van der Waals surface area contributed by atoms with Crippen LogP contribution in [0.15, 0.2) is 21.2 Å². The van der Waals surface area contributed by atoms with Gasteiger partial charge in [0, 0.05) is 13.1 Å². The summed E-state index contributed by atoms with van der Waals surface area (Å²) < 4.78 is 5.77. The largest absolute Gasteiger partial charge is 0.481 e. The molecule has 1 N–H and O–H groups in total. The second-order valence-electron chi connectivity index (χ2n) is 5.25. The van der Waals surface area contributed by atoms with Crippen LogP contribution in [-0.2, 0) is 4.79 Å². The lowest BCUT2D eigenvalue weighted by Gasteiger charge is -2.14. The van der Waals surface area contributed by atoms with Gasteiger partial charge in [0.1, 0.15) is 0 Å². The van der Waals surface area contributed by atoms with Crippen LogP contribution in [0.2, 0.25) is 0 Å². The number of furan rings is 1. The number of likely N-dealkylation sites (tertiary alicyclic amines) is 1. The van der Waals surface area contributed by atoms with Crippen LogP contribution in [0.5, 0.6) is 0 Å². The smallest absolute Gasteiger partial charge is 0.308 e. The van der Waals surface area contributed by atoms with Crippen molar-refractivity contribution >= 4 is 27.8 Å². The van der Waals surface area contributed by atoms with E-state index in [1.54, 1.807) is 11.0 Å². The number of amides is 1. The molecule has 2 aliphatic rings. The van der Waals surface area contributed by atoms with Gasteiger partial charge in [-0.25, -0.2) is 0 Å². The zero-order valence-corrected chi connectivity index (χ0v) is 11.8. The maximum Gasteiger partial charge on any atom is 0.308 e. The number of nitrogens with zero attached hydrogens (tertiary/aromatic N) is 1. The van der Waals surface area contributed by atoms with Gasteiger partial charge < -0.3 is 14.4 Å². The molecule has 1 saturated heterocycles. The number of halogens is 1. The first-order valence-corrected chi connectivity index (χ1v) is 7.12. The zero-order valence-electron chi connectivity index (χ0n) is 10.2. The fraction of sp³-hybridized carbons (Fsp3) is 0.538. The van der Waals surface area contributed by atoms with Crippen molar-refractivity contribution in [3.63, 3.8) is 0 Å². The summed E-state index contributed by atoms with van der Waals surface area (Å²) in [6, 6.07) is 1.66. The Labute approximate surface area is 118 Å². The van der Waals surface area contributed by atoms with Gasteiger partial charge in [-0.2, -0.15) is 0 Å². The molecule has 6 heteroatoms. The monoisotopic (exact) mass is 327 g/mol. The van der Waals surface area contributed by atoms with Crippen LogP contribution in [0.4, 0.5) is 0 Å². The summed E-state index contributed by atoms with van der Waals surface area (Å²) in [5, 5.41) is 9.27. The minimum Gasteiger partial charge on any atom is -0.481 e. The van der Waals surface area contributed by atoms with E-state index in [-0.39, 0.29) is 24.1 Å². The maximum absolute atomic E-state index is 12.3. The molecule has 2 fully saturated rings. The Morgan fingerprint density at radius 3 is 2.63 bits per heavy atom. The molecule has 0 radical (unpaired) electrons. The van der Waals surface area contributed by atoms with Crippen molar-refractivity contribution in [2.24, 2.45) is 17.8 Å². The molecular weight excluding hydrogens is 314 g/mol. The molecule has 3 rings (SSSR count). The third kappa shape index (κ3) is 2.29. The Kier molecular flexibility index (Phi) is 3.12. The Morgan fingerprint density at radius 1 is 1.37 bits per heavy atom. The molecule has 5 nitrogen and oxygen atoms in total. The average Bonchev–Trinajstić information content (AvgIpc) is 2.97. The highest BCUT2D eigenvalue weighted by Crippen LogP contribution is 2.44. The number of hydrogen-bond acceptors (Lipinski definition) is 3. The number of aliphatic carboxylic acids is 1. The van der Waals surface area contributed by atoms with E-state index in [9.17, 15) is 14.7 Å². The first-order chi connectivity index (χ1) is 9.08. The minimum absolute atomic E-state index is 0.0928. The fourth-order valence-electron chi connectivity index (χ4n) is 2.85. The molecule has 0 aromatic carbocycles. The van der Waals surface area contributed by atoms with Gasteiger partial charge in [0.2, 0.25) is 5.76 Å². The summed E-state index contributed by atoms with van der Waals surface area (Å²) in [4.78, 5) is 25.2. The van der Waals surface area contributed by atoms with Gasteiger partial charge in [-0.3, -0.25) is 9.59 Å². The van der Waals surface area contributed by atoms with Crippen molar-refractivity contribution in [3.05, 3.63) is 22.6 Å². The topological polar surface area (TPSA) is 70.8 Å². The molecule has 102 valence electrons. The SMILES string of the molecule is O=C(O)[C@H]1CN(C(=O)c2occc2Br)C[C@@H]1C1CC1. The van der Waals surface area contributed by atoms with E-state index >= 15 is 0 Å². The van der Waals surface area contributed by atoms with Crippen molar-refractivity contribution in [2.75, 3.05) is 13.1 Å². The van der Waals surface area contributed by atoms with E-state index in [2.05, 4.69) is 15.9 Å². The summed E-state index contributed by atoms with van der Waals surface area (Å²) in [5.74, 6) is -0.656. The predicted octanol–water partition coefficient (Wildman–Crippen LogP) is 2.22. The van der Waals surface area contributed by atoms with E-state index in [0.29, 0.717) is 16.9 Å². The van der Waals surface area contributed by atoms with Gasteiger partial charge >= 0.3 is 5.97 Å². The van der Waals surface area contributed by atoms with Crippen molar-refractivity contribution in [1.29, 1.82) is 0 Å². The van der Waals surface area contributed by atoms with Crippen LogP contribution in [0, 0.1) is 17.8 Å². The van der Waals surface area contributed by atoms with Gasteiger partial charge in [-0.1, -0.05) is 0 Å². The Hall–Kier alpha value is -1.30. The number of carboxylic acid groups (broad SMARTS) is 1. The van der Waals surface area contributed by atoms with Crippen molar-refractivity contribution in [2.45, 2.75) is 12.8 Å². The van der Waals surface area contributed by atoms with E-state index in [4.69, 9.17) is 4.42 Å². The highest BCUT2D eigenvalue weighted by Gasteiger charge is 2.47. The molecule has 0 spiro atoms. The lowest BCUT2D eigenvalue weighted by atomic mass is 9.92. The normalized spacial score (nSPS) is 26.7. The molecule has 1 aromatic rings. The van der Waals surface area contributed by atoms with E-state index < -0.39 is 11.9 Å². The third-order valence-corrected chi connectivity index (χ3v) is 4.63. The van der Waals surface area contributed by atoms with Gasteiger partial charge in [0.25, 0.3) is 5.91 Å². The summed E-state index contributed by atoms with van der Waals surface area (Å²) in [6.07, 6.45) is 3.61. The van der Waals surface area contributed by atoms with Crippen molar-refractivity contribution in [1.82, 2.24) is 4.90 Å². The first kappa shape index (κ1) is 12.7. The molecule has 19 heavy (non-hydrogen) atoms. The highest BCUT2D eigenvalue weighted by molar-refractivity contribution is 9.10. The van der Waals surface area contributed by atoms with E-state index in [1.807, 2.05) is 0 Å². The minimum atomic E-state index is -0.800. The molecule has 0 unspecified atom stereocenters. The summed E-state index contributed by atoms with van der Waals surface area (Å²) >= 11 is 3.26. The molecule has 0 bridgehead atoms. The number of carboxylic acids is 1. The van der Waals surface area contributed by atoms with Gasteiger partial charge in [0.15, 0.2) is 0 Å². The molecule has 1 aromatic heterocycles. The van der Waals surface area contributed by atoms with Crippen LogP contribution < -0.4 is 0 Å². The quantitative estimate of drug-likeness (QED) is 0.924. The molecule has 1 aliphatic carbocycles. The number of hydrogen-bond donors (Lipinski definition) is 1. The summed E-state index contributed by atoms with van der Waals surface area (Å²) in [6.45, 7) is 0.802. The maximum atomic E-state index is 12.3. The second kappa shape index (κ2) is 4.67. The lowest BCUT2D eigenvalue weighted by molar-refractivity contribution is -0.142. The molecule has 2 atom stereocenters. The third-order valence-electron chi connectivity index (χ3n) is 4.01. The van der Waals surface area contributed by atoms with Crippen LogP contribution in [0.1, 0.15) is 23.4 Å². The number of rotatable bonds is 3. The summed E-state index contributed by atoms with van der Waals surface area (Å²) in [7, 11) is 0. The zero-order chi connectivity index (χ0) is 13.6. The molecule has 1 aliphatic heterocycles. The van der Waals surface area contributed by atoms with E-state index in [1.165, 1.54) is 6.26 Å². The Morgan fingerprint density at radius 2 is 2.11 bits per heavy atom. The highest BCUT2D eigenvalue weighted by atomic mass is 79.9. The van der Waals surface area contributed by atoms with Crippen LogP contribution in [0.25, 0.3) is 0 Å². The number of carbonyl (C=O) groups is 2. The summed E-state index contributed by atoms with van der Waals surface area (Å²) in [5.41, 5.74) is 0. The standard InChI is InChI=1S/C13H14BrNO4/c14-10-3-4-19-11(10)12(16)15-5-8(7-1-2-7)9(6-15)13(17)18/h3-4,7-9H,1-2,5-6H2,(H,17,18)/t8-,9+/m1/s1. The van der Waals surface area contributed by atoms with Gasteiger partial charge in [0.05, 0.1) is 16.7 Å². The Bertz CT molecular complexity index is 522. The predicted molar refractivity (Wildman–Crippen MR) is 69.7 cm³/mol. The van der Waals surface area contributed by atoms with Crippen molar-refractivity contribution < 1.29 is 19.1 Å². The lowest BCUT2D eigenvalue weighted by Crippen LogP contribution is -2.29. The van der Waals surface area contributed by atoms with Gasteiger partial charge in [-0.15, -0.1) is 0 Å². The Balaban J connectivity index is 1.78. The van der Waals surface area contributed by atoms with Crippen LogP contribution >= 0.6 is 15.9 Å². The molecule has 1 amide bonds. The van der Waals surface area contributed by atoms with Crippen LogP contribution in [-0.4, -0.2) is 35.0 Å². The number of carbonyl (C=O) groups excluding carboxylic acids is 1. The second-order valence-corrected chi connectivity index (χ2v) is 6.11. The average molecular weight is 328 g/mol. The molecule has 2 heterocycles.